The average Bonchev–Trinajstić information content (AvgIpc) is 2.69. The van der Waals surface area contributed by atoms with Crippen LogP contribution in [0, 0.1) is 0 Å². The van der Waals surface area contributed by atoms with E-state index in [0.717, 1.165) is 17.6 Å². The van der Waals surface area contributed by atoms with Crippen molar-refractivity contribution in [2.45, 2.75) is 6.42 Å². The van der Waals surface area contributed by atoms with Crippen molar-refractivity contribution < 1.29 is 19.0 Å². The number of aliphatic imine (C=N–C) groups is 1. The summed E-state index contributed by atoms with van der Waals surface area (Å²) in [6.45, 7) is 0. The van der Waals surface area contributed by atoms with E-state index in [4.69, 9.17) is 14.2 Å². The predicted molar refractivity (Wildman–Crippen MR) is 106 cm³/mol. The van der Waals surface area contributed by atoms with Gasteiger partial charge in [-0.3, -0.25) is 9.79 Å². The third-order valence-corrected chi connectivity index (χ3v) is 4.32. The number of hydrogen-bond donors (Lipinski definition) is 0. The number of methoxy groups -OCH3 is 2. The van der Waals surface area contributed by atoms with Crippen LogP contribution in [-0.2, 0) is 11.2 Å². The number of aldehydes is 1. The molecule has 26 heavy (non-hydrogen) atoms. The maximum Gasteiger partial charge on any atom is 0.169 e. The zero-order valence-electron chi connectivity index (χ0n) is 15.0. The Morgan fingerprint density at radius 1 is 1.04 bits per heavy atom. The lowest BCUT2D eigenvalue weighted by Gasteiger charge is -2.12. The van der Waals surface area contributed by atoms with Gasteiger partial charge in [0.25, 0.3) is 0 Å². The normalized spacial score (nSPS) is 11.4. The minimum atomic E-state index is 0.609. The molecule has 2 aromatic rings. The number of carbonyl (C=O) groups excluding carboxylic acids is 1. The van der Waals surface area contributed by atoms with E-state index >= 15 is 0 Å². The van der Waals surface area contributed by atoms with Crippen LogP contribution in [0.5, 0.6) is 23.0 Å². The summed E-state index contributed by atoms with van der Waals surface area (Å²) in [7, 11) is 4.89. The third-order valence-electron chi connectivity index (χ3n) is 3.46. The number of ether oxygens (including phenoxy) is 3. The highest BCUT2D eigenvalue weighted by atomic mass is 32.2. The first-order chi connectivity index (χ1) is 12.7. The number of hydrogen-bond acceptors (Lipinski definition) is 6. The van der Waals surface area contributed by atoms with Gasteiger partial charge in [0.1, 0.15) is 11.5 Å². The number of benzene rings is 2. The summed E-state index contributed by atoms with van der Waals surface area (Å²) in [5.41, 5.74) is 2.64. The Hall–Kier alpha value is -2.73. The maximum absolute atomic E-state index is 11.1. The van der Waals surface area contributed by atoms with Crippen LogP contribution in [0.4, 0.5) is 0 Å². The highest BCUT2D eigenvalue weighted by molar-refractivity contribution is 8.16. The van der Waals surface area contributed by atoms with Crippen LogP contribution in [0.25, 0.3) is 0 Å². The Labute approximate surface area is 157 Å². The lowest BCUT2D eigenvalue weighted by atomic mass is 10.1. The maximum atomic E-state index is 11.1. The predicted octanol–water partition coefficient (Wildman–Crippen LogP) is 4.51. The van der Waals surface area contributed by atoms with Crippen LogP contribution in [-0.4, -0.2) is 33.1 Å². The topological polar surface area (TPSA) is 57.1 Å². The van der Waals surface area contributed by atoms with Gasteiger partial charge in [0.15, 0.2) is 17.8 Å². The molecule has 0 spiro atoms. The Morgan fingerprint density at radius 3 is 2.38 bits per heavy atom. The molecule has 0 fully saturated rings. The molecule has 0 atom stereocenters. The summed E-state index contributed by atoms with van der Waals surface area (Å²) in [5.74, 6) is 2.70. The lowest BCUT2D eigenvalue weighted by molar-refractivity contribution is -0.104. The van der Waals surface area contributed by atoms with Gasteiger partial charge in [-0.15, -0.1) is 0 Å². The molecule has 0 saturated heterocycles. The van der Waals surface area contributed by atoms with E-state index in [0.29, 0.717) is 28.6 Å². The van der Waals surface area contributed by atoms with Crippen molar-refractivity contribution in [2.24, 2.45) is 4.99 Å². The fraction of sp³-hybridized carbons (Fsp3) is 0.200. The molecule has 136 valence electrons. The van der Waals surface area contributed by atoms with E-state index in [1.807, 2.05) is 48.5 Å². The van der Waals surface area contributed by atoms with E-state index in [9.17, 15) is 4.79 Å². The third kappa shape index (κ3) is 5.67. The molecule has 2 rings (SSSR count). The van der Waals surface area contributed by atoms with Crippen molar-refractivity contribution in [3.8, 4) is 23.0 Å². The number of allylic oxidation sites excluding steroid dienone is 2. The zero-order chi connectivity index (χ0) is 18.8. The number of rotatable bonds is 9. The van der Waals surface area contributed by atoms with Crippen LogP contribution >= 0.6 is 11.8 Å². The summed E-state index contributed by atoms with van der Waals surface area (Å²) >= 11 is 1.29. The van der Waals surface area contributed by atoms with Crippen LogP contribution in [0.1, 0.15) is 5.56 Å². The molecule has 0 aliphatic carbocycles. The van der Waals surface area contributed by atoms with E-state index in [-0.39, 0.29) is 0 Å². The lowest BCUT2D eigenvalue weighted by Crippen LogP contribution is -1.93. The first-order valence-corrected chi connectivity index (χ1v) is 8.79. The second kappa shape index (κ2) is 10.3. The fourth-order valence-corrected chi connectivity index (χ4v) is 2.61. The number of nitrogens with zero attached hydrogens (tertiary/aromatic N) is 1. The SMILES string of the molecule is CN=CSC(C=O)=CCc1ccc(Oc2ccc(OC)cc2)c(OC)c1. The van der Waals surface area contributed by atoms with Gasteiger partial charge >= 0.3 is 0 Å². The Morgan fingerprint density at radius 2 is 1.77 bits per heavy atom. The van der Waals surface area contributed by atoms with E-state index in [2.05, 4.69) is 4.99 Å². The van der Waals surface area contributed by atoms with Gasteiger partial charge < -0.3 is 14.2 Å². The number of thioether (sulfide) groups is 1. The van der Waals surface area contributed by atoms with Crippen molar-refractivity contribution in [2.75, 3.05) is 21.3 Å². The van der Waals surface area contributed by atoms with Gasteiger partial charge in [0.05, 0.1) is 19.8 Å². The molecule has 0 bridgehead atoms. The summed E-state index contributed by atoms with van der Waals surface area (Å²) in [5, 5.41) is 0. The molecule has 0 amide bonds. The number of carbonyl (C=O) groups is 1. The molecule has 6 heteroatoms. The average molecular weight is 371 g/mol. The minimum Gasteiger partial charge on any atom is -0.497 e. The first kappa shape index (κ1) is 19.6. The molecule has 0 heterocycles. The summed E-state index contributed by atoms with van der Waals surface area (Å²) in [4.78, 5) is 15.5. The largest absolute Gasteiger partial charge is 0.497 e. The van der Waals surface area contributed by atoms with Crippen molar-refractivity contribution in [3.63, 3.8) is 0 Å². The van der Waals surface area contributed by atoms with E-state index in [1.165, 1.54) is 11.8 Å². The highest BCUT2D eigenvalue weighted by Crippen LogP contribution is 2.33. The summed E-state index contributed by atoms with van der Waals surface area (Å²) in [6, 6.07) is 13.0. The van der Waals surface area contributed by atoms with Crippen molar-refractivity contribution in [1.29, 1.82) is 0 Å². The second-order valence-corrected chi connectivity index (χ2v) is 6.09. The first-order valence-electron chi connectivity index (χ1n) is 7.91. The Bertz CT molecular complexity index is 785. The molecule has 0 aliphatic rings. The molecule has 0 unspecified atom stereocenters. The molecule has 0 N–H and O–H groups in total. The van der Waals surface area contributed by atoms with Gasteiger partial charge in [0.2, 0.25) is 0 Å². The zero-order valence-corrected chi connectivity index (χ0v) is 15.8. The molecular weight excluding hydrogens is 350 g/mol. The minimum absolute atomic E-state index is 0.609. The monoisotopic (exact) mass is 371 g/mol. The molecule has 2 aromatic carbocycles. The van der Waals surface area contributed by atoms with Gasteiger partial charge in [-0.05, 0) is 48.4 Å². The molecule has 0 radical (unpaired) electrons. The van der Waals surface area contributed by atoms with Gasteiger partial charge in [0, 0.05) is 12.0 Å². The second-order valence-electron chi connectivity index (χ2n) is 5.17. The van der Waals surface area contributed by atoms with Crippen LogP contribution in [0.3, 0.4) is 0 Å². The molecule has 5 nitrogen and oxygen atoms in total. The van der Waals surface area contributed by atoms with Crippen LogP contribution in [0.2, 0.25) is 0 Å². The quantitative estimate of drug-likeness (QED) is 0.281. The van der Waals surface area contributed by atoms with Crippen molar-refractivity contribution in [1.82, 2.24) is 0 Å². The molecular formula is C20H21NO4S. The van der Waals surface area contributed by atoms with Crippen molar-refractivity contribution >= 4 is 23.6 Å². The van der Waals surface area contributed by atoms with Crippen LogP contribution < -0.4 is 14.2 Å². The van der Waals surface area contributed by atoms with Gasteiger partial charge in [-0.25, -0.2) is 0 Å². The highest BCUT2D eigenvalue weighted by Gasteiger charge is 2.07. The Kier molecular flexibility index (Phi) is 7.76. The van der Waals surface area contributed by atoms with E-state index in [1.54, 1.807) is 26.8 Å². The summed E-state index contributed by atoms with van der Waals surface area (Å²) in [6.07, 6.45) is 3.29. The van der Waals surface area contributed by atoms with Crippen molar-refractivity contribution in [3.05, 3.63) is 59.0 Å². The molecule has 0 aromatic heterocycles. The van der Waals surface area contributed by atoms with Crippen LogP contribution in [0.15, 0.2) is 58.4 Å². The van der Waals surface area contributed by atoms with Gasteiger partial charge in [-0.1, -0.05) is 23.9 Å². The molecule has 0 aliphatic heterocycles. The van der Waals surface area contributed by atoms with Gasteiger partial charge in [-0.2, -0.15) is 0 Å². The fourth-order valence-electron chi connectivity index (χ4n) is 2.15. The summed E-state index contributed by atoms with van der Waals surface area (Å²) < 4.78 is 16.5. The molecule has 0 saturated carbocycles. The van der Waals surface area contributed by atoms with E-state index < -0.39 is 0 Å². The Balaban J connectivity index is 2.13. The smallest absolute Gasteiger partial charge is 0.169 e. The standard InChI is InChI=1S/C20H21NO4S/c1-21-14-26-18(13-22)10-4-15-5-11-19(20(12-15)24-3)25-17-8-6-16(23-2)7-9-17/h5-14H,4H2,1-3H3.